The minimum Gasteiger partial charge on any atom is -0.462 e. The largest absolute Gasteiger partial charge is 0.462 e. The number of benzene rings is 2. The van der Waals surface area contributed by atoms with Gasteiger partial charge in [0.15, 0.2) is 0 Å². The van der Waals surface area contributed by atoms with Crippen molar-refractivity contribution in [2.75, 3.05) is 13.7 Å². The van der Waals surface area contributed by atoms with Crippen molar-refractivity contribution >= 4 is 17.0 Å². The van der Waals surface area contributed by atoms with Crippen molar-refractivity contribution in [2.45, 2.75) is 26.3 Å². The zero-order chi connectivity index (χ0) is 25.9. The van der Waals surface area contributed by atoms with Crippen LogP contribution in [0.5, 0.6) is 0 Å². The molecule has 0 aliphatic heterocycles. The number of halogens is 3. The van der Waals surface area contributed by atoms with Gasteiger partial charge in [-0.25, -0.2) is 4.79 Å². The lowest BCUT2D eigenvalue weighted by atomic mass is 9.97. The third-order valence-electron chi connectivity index (χ3n) is 5.64. The Morgan fingerprint density at radius 3 is 2.58 bits per heavy atom. The number of alkyl halides is 3. The van der Waals surface area contributed by atoms with Crippen LogP contribution in [0.15, 0.2) is 71.8 Å². The first kappa shape index (κ1) is 25.1. The van der Waals surface area contributed by atoms with Gasteiger partial charge in [-0.05, 0) is 47.4 Å². The molecule has 9 heteroatoms. The van der Waals surface area contributed by atoms with Gasteiger partial charge >= 0.3 is 12.1 Å². The van der Waals surface area contributed by atoms with Gasteiger partial charge in [-0.3, -0.25) is 9.78 Å². The van der Waals surface area contributed by atoms with E-state index in [-0.39, 0.29) is 30.8 Å². The number of fused-ring (bicyclic) bond motifs is 1. The summed E-state index contributed by atoms with van der Waals surface area (Å²) in [5.74, 6) is -0.771. The molecule has 0 atom stereocenters. The van der Waals surface area contributed by atoms with Crippen molar-refractivity contribution in [3.8, 4) is 11.1 Å². The molecule has 0 aliphatic rings. The topological polar surface area (TPSA) is 70.4 Å². The number of hydrogen-bond acceptors (Lipinski definition) is 5. The van der Waals surface area contributed by atoms with Crippen LogP contribution >= 0.6 is 0 Å². The Bertz CT molecular complexity index is 1480. The number of ether oxygens (including phenoxy) is 2. The molecule has 2 heterocycles. The molecule has 4 aromatic rings. The summed E-state index contributed by atoms with van der Waals surface area (Å²) in [6.07, 6.45) is -1.56. The molecule has 36 heavy (non-hydrogen) atoms. The molecule has 186 valence electrons. The van der Waals surface area contributed by atoms with Gasteiger partial charge < -0.3 is 14.0 Å². The maximum Gasteiger partial charge on any atom is 0.416 e. The first-order chi connectivity index (χ1) is 17.2. The molecule has 0 radical (unpaired) electrons. The average molecular weight is 496 g/mol. The van der Waals surface area contributed by atoms with Crippen LogP contribution in [-0.4, -0.2) is 29.2 Å². The standard InChI is InChI=1S/C27H23F3N2O4/c1-3-36-26(34)22-15-32(23-11-17(16-35-2)13-31-24(23)25(22)33)14-19-7-4-5-10-21(19)18-8-6-9-20(12-18)27(28,29)30/h4-13,15H,3,14,16H2,1-2H3. The van der Waals surface area contributed by atoms with Crippen LogP contribution in [0, 0.1) is 0 Å². The van der Waals surface area contributed by atoms with Crippen molar-refractivity contribution in [1.82, 2.24) is 9.55 Å². The van der Waals surface area contributed by atoms with E-state index >= 15 is 0 Å². The van der Waals surface area contributed by atoms with Gasteiger partial charge in [-0.2, -0.15) is 13.2 Å². The second-order valence-electron chi connectivity index (χ2n) is 8.10. The Hall–Kier alpha value is -3.98. The molecular weight excluding hydrogens is 473 g/mol. The lowest BCUT2D eigenvalue weighted by Gasteiger charge is -2.17. The van der Waals surface area contributed by atoms with Gasteiger partial charge in [0.05, 0.1) is 24.3 Å². The average Bonchev–Trinajstić information content (AvgIpc) is 2.86. The zero-order valence-corrected chi connectivity index (χ0v) is 19.6. The molecule has 4 rings (SSSR count). The molecule has 2 aromatic carbocycles. The number of esters is 1. The van der Waals surface area contributed by atoms with Crippen molar-refractivity contribution in [3.63, 3.8) is 0 Å². The number of pyridine rings is 2. The third-order valence-corrected chi connectivity index (χ3v) is 5.64. The Balaban J connectivity index is 1.88. The lowest BCUT2D eigenvalue weighted by molar-refractivity contribution is -0.137. The monoisotopic (exact) mass is 496 g/mol. The van der Waals surface area contributed by atoms with E-state index in [9.17, 15) is 22.8 Å². The molecule has 0 amide bonds. The Morgan fingerprint density at radius 1 is 1.08 bits per heavy atom. The molecule has 6 nitrogen and oxygen atoms in total. The Kier molecular flexibility index (Phi) is 7.21. The fourth-order valence-electron chi connectivity index (χ4n) is 4.02. The fourth-order valence-corrected chi connectivity index (χ4v) is 4.02. The normalized spacial score (nSPS) is 11.6. The highest BCUT2D eigenvalue weighted by atomic mass is 19.4. The van der Waals surface area contributed by atoms with Gasteiger partial charge in [0.2, 0.25) is 5.43 Å². The Morgan fingerprint density at radius 2 is 1.86 bits per heavy atom. The second-order valence-corrected chi connectivity index (χ2v) is 8.10. The highest BCUT2D eigenvalue weighted by molar-refractivity contribution is 5.93. The molecule has 0 saturated carbocycles. The smallest absolute Gasteiger partial charge is 0.416 e. The highest BCUT2D eigenvalue weighted by Crippen LogP contribution is 2.33. The molecule has 0 N–H and O–H groups in total. The number of hydrogen-bond donors (Lipinski definition) is 0. The molecule has 2 aromatic heterocycles. The minimum absolute atomic E-state index is 0.0805. The molecule has 0 bridgehead atoms. The zero-order valence-electron chi connectivity index (χ0n) is 19.6. The van der Waals surface area contributed by atoms with Crippen LogP contribution in [0.4, 0.5) is 13.2 Å². The maximum atomic E-state index is 13.3. The van der Waals surface area contributed by atoms with Crippen molar-refractivity contribution < 1.29 is 27.4 Å². The number of rotatable bonds is 7. The quantitative estimate of drug-likeness (QED) is 0.318. The van der Waals surface area contributed by atoms with E-state index in [0.29, 0.717) is 27.8 Å². The predicted molar refractivity (Wildman–Crippen MR) is 129 cm³/mol. The van der Waals surface area contributed by atoms with Gasteiger partial charge in [0.25, 0.3) is 0 Å². The van der Waals surface area contributed by atoms with Crippen molar-refractivity contribution in [1.29, 1.82) is 0 Å². The number of aromatic nitrogens is 2. The summed E-state index contributed by atoms with van der Waals surface area (Å²) < 4.78 is 51.9. The van der Waals surface area contributed by atoms with Crippen LogP contribution < -0.4 is 5.43 Å². The first-order valence-corrected chi connectivity index (χ1v) is 11.2. The van der Waals surface area contributed by atoms with E-state index in [4.69, 9.17) is 9.47 Å². The summed E-state index contributed by atoms with van der Waals surface area (Å²) in [6.45, 7) is 2.15. The number of nitrogens with zero attached hydrogens (tertiary/aromatic N) is 2. The van der Waals surface area contributed by atoms with Crippen molar-refractivity contribution in [3.05, 3.63) is 99.5 Å². The molecule has 0 saturated heterocycles. The van der Waals surface area contributed by atoms with E-state index < -0.39 is 23.1 Å². The van der Waals surface area contributed by atoms with E-state index in [1.807, 2.05) is 0 Å². The predicted octanol–water partition coefficient (Wildman–Crippen LogP) is 5.45. The maximum absolute atomic E-state index is 13.3. The van der Waals surface area contributed by atoms with Crippen LogP contribution in [0.2, 0.25) is 0 Å². The molecule has 0 spiro atoms. The minimum atomic E-state index is -4.47. The lowest BCUT2D eigenvalue weighted by Crippen LogP contribution is -2.22. The second kappa shape index (κ2) is 10.3. The van der Waals surface area contributed by atoms with E-state index in [1.165, 1.54) is 25.6 Å². The van der Waals surface area contributed by atoms with Crippen LogP contribution in [0.25, 0.3) is 22.2 Å². The van der Waals surface area contributed by atoms with Crippen LogP contribution in [0.3, 0.4) is 0 Å². The summed E-state index contributed by atoms with van der Waals surface area (Å²) >= 11 is 0. The molecule has 0 fully saturated rings. The Labute approximate surface area is 204 Å². The van der Waals surface area contributed by atoms with Gasteiger partial charge in [-0.1, -0.05) is 36.4 Å². The third kappa shape index (κ3) is 5.16. The fraction of sp³-hybridized carbons (Fsp3) is 0.222. The SMILES string of the molecule is CCOC(=O)c1cn(Cc2ccccc2-c2cccc(C(F)(F)F)c2)c2cc(COC)cnc2c1=O. The van der Waals surface area contributed by atoms with E-state index in [0.717, 1.165) is 12.1 Å². The first-order valence-electron chi connectivity index (χ1n) is 11.2. The summed E-state index contributed by atoms with van der Waals surface area (Å²) in [7, 11) is 1.53. The molecular formula is C27H23F3N2O4. The highest BCUT2D eigenvalue weighted by Gasteiger charge is 2.30. The van der Waals surface area contributed by atoms with Crippen molar-refractivity contribution in [2.24, 2.45) is 0 Å². The molecule has 0 aliphatic carbocycles. The number of methoxy groups -OCH3 is 1. The number of carbonyl (C=O) groups excluding carboxylic acids is 1. The van der Waals surface area contributed by atoms with E-state index in [1.54, 1.807) is 47.9 Å². The summed E-state index contributed by atoms with van der Waals surface area (Å²) in [4.78, 5) is 29.8. The van der Waals surface area contributed by atoms with Crippen LogP contribution in [-0.2, 0) is 28.8 Å². The molecule has 0 unspecified atom stereocenters. The van der Waals surface area contributed by atoms with Gasteiger partial charge in [0, 0.05) is 26.0 Å². The van der Waals surface area contributed by atoms with Gasteiger partial charge in [-0.15, -0.1) is 0 Å². The van der Waals surface area contributed by atoms with E-state index in [2.05, 4.69) is 4.98 Å². The summed E-state index contributed by atoms with van der Waals surface area (Å²) in [5.41, 5.74) is 1.45. The van der Waals surface area contributed by atoms with Gasteiger partial charge in [0.1, 0.15) is 11.1 Å². The summed E-state index contributed by atoms with van der Waals surface area (Å²) in [6, 6.07) is 13.9. The summed E-state index contributed by atoms with van der Waals surface area (Å²) in [5, 5.41) is 0. The number of carbonyl (C=O) groups is 1. The van der Waals surface area contributed by atoms with Crippen LogP contribution in [0.1, 0.15) is 34.0 Å².